The van der Waals surface area contributed by atoms with Crippen molar-refractivity contribution in [2.75, 3.05) is 13.2 Å². The van der Waals surface area contributed by atoms with Crippen molar-refractivity contribution in [1.82, 2.24) is 5.06 Å². The summed E-state index contributed by atoms with van der Waals surface area (Å²) in [6.45, 7) is 4.27. The lowest BCUT2D eigenvalue weighted by Crippen LogP contribution is -2.35. The average Bonchev–Trinajstić information content (AvgIpc) is 2.62. The average molecular weight is 327 g/mol. The zero-order valence-corrected chi connectivity index (χ0v) is 14.3. The molecule has 0 aliphatic rings. The molecule has 2 rings (SSSR count). The Morgan fingerprint density at radius 2 is 1.67 bits per heavy atom. The van der Waals surface area contributed by atoms with Crippen LogP contribution in [0.1, 0.15) is 31.0 Å². The van der Waals surface area contributed by atoms with E-state index in [0.29, 0.717) is 13.0 Å². The standard InChI is InChI=1S/C20H25NO3/c1-3-24-20(22)19(14-17-10-6-4-7-11-17)15-21(23)16(2)18-12-8-5-9-13-18/h4-13,16,19,23H,3,14-15H2,1-2H3/t16-,19?/m0/s1. The van der Waals surface area contributed by atoms with Crippen LogP contribution < -0.4 is 0 Å². The molecule has 4 heteroatoms. The topological polar surface area (TPSA) is 49.8 Å². The van der Waals surface area contributed by atoms with Crippen LogP contribution in [0.4, 0.5) is 0 Å². The van der Waals surface area contributed by atoms with Crippen molar-refractivity contribution in [3.63, 3.8) is 0 Å². The monoisotopic (exact) mass is 327 g/mol. The number of nitrogens with zero attached hydrogens (tertiary/aromatic N) is 1. The third-order valence-corrected chi connectivity index (χ3v) is 4.08. The third-order valence-electron chi connectivity index (χ3n) is 4.08. The summed E-state index contributed by atoms with van der Waals surface area (Å²) in [5, 5.41) is 11.7. The molecule has 0 aliphatic heterocycles. The molecule has 0 saturated carbocycles. The maximum atomic E-state index is 12.3. The highest BCUT2D eigenvalue weighted by Gasteiger charge is 2.25. The molecule has 0 bridgehead atoms. The smallest absolute Gasteiger partial charge is 0.310 e. The summed E-state index contributed by atoms with van der Waals surface area (Å²) < 4.78 is 5.19. The molecule has 0 aromatic heterocycles. The van der Waals surface area contributed by atoms with Crippen molar-refractivity contribution in [2.45, 2.75) is 26.3 Å². The zero-order chi connectivity index (χ0) is 17.4. The Balaban J connectivity index is 2.07. The number of carbonyl (C=O) groups is 1. The van der Waals surface area contributed by atoms with Gasteiger partial charge in [-0.15, -0.1) is 0 Å². The fraction of sp³-hybridized carbons (Fsp3) is 0.350. The molecular formula is C20H25NO3. The molecular weight excluding hydrogens is 302 g/mol. The predicted octanol–water partition coefficient (Wildman–Crippen LogP) is 3.86. The van der Waals surface area contributed by atoms with Gasteiger partial charge in [0.05, 0.1) is 18.6 Å². The van der Waals surface area contributed by atoms with Gasteiger partial charge < -0.3 is 9.94 Å². The molecule has 4 nitrogen and oxygen atoms in total. The number of rotatable bonds is 8. The van der Waals surface area contributed by atoms with E-state index in [1.807, 2.05) is 67.6 Å². The summed E-state index contributed by atoms with van der Waals surface area (Å²) in [6, 6.07) is 19.3. The van der Waals surface area contributed by atoms with Crippen LogP contribution in [0.25, 0.3) is 0 Å². The summed E-state index contributed by atoms with van der Waals surface area (Å²) >= 11 is 0. The minimum absolute atomic E-state index is 0.195. The number of esters is 1. The fourth-order valence-electron chi connectivity index (χ4n) is 2.67. The van der Waals surface area contributed by atoms with Crippen LogP contribution in [0, 0.1) is 5.92 Å². The Hall–Kier alpha value is -2.17. The molecule has 1 unspecified atom stereocenters. The first-order chi connectivity index (χ1) is 11.6. The van der Waals surface area contributed by atoms with Crippen molar-refractivity contribution < 1.29 is 14.7 Å². The second kappa shape index (κ2) is 9.21. The molecule has 0 saturated heterocycles. The van der Waals surface area contributed by atoms with Gasteiger partial charge >= 0.3 is 5.97 Å². The highest BCUT2D eigenvalue weighted by molar-refractivity contribution is 5.73. The predicted molar refractivity (Wildman–Crippen MR) is 93.6 cm³/mol. The van der Waals surface area contributed by atoms with Crippen molar-refractivity contribution >= 4 is 5.97 Å². The summed E-state index contributed by atoms with van der Waals surface area (Å²) in [5.74, 6) is -0.691. The van der Waals surface area contributed by atoms with Gasteiger partial charge in [-0.05, 0) is 31.4 Å². The van der Waals surface area contributed by atoms with Crippen LogP contribution in [-0.2, 0) is 16.0 Å². The van der Waals surface area contributed by atoms with Crippen LogP contribution in [0.5, 0.6) is 0 Å². The lowest BCUT2D eigenvalue weighted by Gasteiger charge is -2.26. The van der Waals surface area contributed by atoms with Crippen molar-refractivity contribution in [1.29, 1.82) is 0 Å². The van der Waals surface area contributed by atoms with Gasteiger partial charge in [-0.1, -0.05) is 60.7 Å². The second-order valence-corrected chi connectivity index (χ2v) is 5.85. The zero-order valence-electron chi connectivity index (χ0n) is 14.3. The van der Waals surface area contributed by atoms with E-state index in [1.54, 1.807) is 6.92 Å². The summed E-state index contributed by atoms with van der Waals surface area (Å²) in [7, 11) is 0. The molecule has 1 N–H and O–H groups in total. The molecule has 0 amide bonds. The van der Waals surface area contributed by atoms with Crippen LogP contribution in [0.3, 0.4) is 0 Å². The summed E-state index contributed by atoms with van der Waals surface area (Å²) in [6.07, 6.45) is 0.540. The molecule has 2 aromatic carbocycles. The van der Waals surface area contributed by atoms with E-state index in [4.69, 9.17) is 4.74 Å². The first kappa shape index (κ1) is 18.2. The second-order valence-electron chi connectivity index (χ2n) is 5.85. The minimum Gasteiger partial charge on any atom is -0.466 e. The maximum absolute atomic E-state index is 12.3. The van der Waals surface area contributed by atoms with Gasteiger partial charge in [0.15, 0.2) is 0 Å². The molecule has 0 radical (unpaired) electrons. The van der Waals surface area contributed by atoms with Crippen molar-refractivity contribution in [3.8, 4) is 0 Å². The lowest BCUT2D eigenvalue weighted by molar-refractivity contribution is -0.162. The van der Waals surface area contributed by atoms with E-state index in [1.165, 1.54) is 5.06 Å². The van der Waals surface area contributed by atoms with Gasteiger partial charge in [0.1, 0.15) is 0 Å². The largest absolute Gasteiger partial charge is 0.466 e. The van der Waals surface area contributed by atoms with E-state index in [9.17, 15) is 10.0 Å². The Morgan fingerprint density at radius 1 is 1.08 bits per heavy atom. The third kappa shape index (κ3) is 5.18. The van der Waals surface area contributed by atoms with E-state index in [-0.39, 0.29) is 18.6 Å². The Bertz CT molecular complexity index is 615. The number of benzene rings is 2. The van der Waals surface area contributed by atoms with E-state index < -0.39 is 5.92 Å². The van der Waals surface area contributed by atoms with Gasteiger partial charge in [0.2, 0.25) is 0 Å². The fourth-order valence-corrected chi connectivity index (χ4v) is 2.67. The number of hydrogen-bond donors (Lipinski definition) is 1. The minimum atomic E-state index is -0.413. The number of hydrogen-bond acceptors (Lipinski definition) is 4. The summed E-state index contributed by atoms with van der Waals surface area (Å²) in [5.41, 5.74) is 2.05. The quantitative estimate of drug-likeness (QED) is 0.591. The van der Waals surface area contributed by atoms with E-state index in [2.05, 4.69) is 0 Å². The van der Waals surface area contributed by atoms with Gasteiger partial charge in [-0.2, -0.15) is 5.06 Å². The van der Waals surface area contributed by atoms with Gasteiger partial charge in [0, 0.05) is 6.54 Å². The van der Waals surface area contributed by atoms with Crippen LogP contribution in [-0.4, -0.2) is 29.4 Å². The number of ether oxygens (including phenoxy) is 1. The first-order valence-corrected chi connectivity index (χ1v) is 8.32. The highest BCUT2D eigenvalue weighted by Crippen LogP contribution is 2.21. The highest BCUT2D eigenvalue weighted by atomic mass is 16.5. The molecule has 0 heterocycles. The van der Waals surface area contributed by atoms with E-state index >= 15 is 0 Å². The number of carbonyl (C=O) groups excluding carboxylic acids is 1. The van der Waals surface area contributed by atoms with Gasteiger partial charge in [-0.3, -0.25) is 4.79 Å². The Morgan fingerprint density at radius 3 is 2.25 bits per heavy atom. The van der Waals surface area contributed by atoms with Crippen LogP contribution in [0.15, 0.2) is 60.7 Å². The normalized spacial score (nSPS) is 13.5. The van der Waals surface area contributed by atoms with Crippen molar-refractivity contribution in [3.05, 3.63) is 71.8 Å². The summed E-state index contributed by atoms with van der Waals surface area (Å²) in [4.78, 5) is 12.3. The maximum Gasteiger partial charge on any atom is 0.310 e. The molecule has 24 heavy (non-hydrogen) atoms. The van der Waals surface area contributed by atoms with Crippen LogP contribution in [0.2, 0.25) is 0 Å². The number of hydroxylamine groups is 2. The first-order valence-electron chi connectivity index (χ1n) is 8.32. The Kier molecular flexibility index (Phi) is 6.97. The van der Waals surface area contributed by atoms with Crippen molar-refractivity contribution in [2.24, 2.45) is 5.92 Å². The van der Waals surface area contributed by atoms with E-state index in [0.717, 1.165) is 11.1 Å². The molecule has 0 fully saturated rings. The van der Waals surface area contributed by atoms with Crippen LogP contribution >= 0.6 is 0 Å². The lowest BCUT2D eigenvalue weighted by atomic mass is 9.98. The molecule has 0 aliphatic carbocycles. The SMILES string of the molecule is CCOC(=O)C(Cc1ccccc1)CN(O)[C@@H](C)c1ccccc1. The van der Waals surface area contributed by atoms with Gasteiger partial charge in [-0.25, -0.2) is 0 Å². The Labute approximate surface area is 143 Å². The molecule has 2 aromatic rings. The molecule has 0 spiro atoms. The molecule has 2 atom stereocenters. The van der Waals surface area contributed by atoms with Gasteiger partial charge in [0.25, 0.3) is 0 Å². The molecule has 128 valence electrons.